The first-order valence-electron chi connectivity index (χ1n) is 8.71. The molecule has 5 atom stereocenters. The first-order chi connectivity index (χ1) is 10.8. The number of benzene rings is 1. The summed E-state index contributed by atoms with van der Waals surface area (Å²) < 4.78 is 5.43. The predicted molar refractivity (Wildman–Crippen MR) is 88.3 cm³/mol. The van der Waals surface area contributed by atoms with Gasteiger partial charge in [0.05, 0.1) is 7.11 Å². The van der Waals surface area contributed by atoms with Gasteiger partial charge in [-0.2, -0.15) is 0 Å². The van der Waals surface area contributed by atoms with Crippen molar-refractivity contribution in [2.24, 2.45) is 11.8 Å². The van der Waals surface area contributed by atoms with Crippen molar-refractivity contribution in [2.45, 2.75) is 44.7 Å². The minimum Gasteiger partial charge on any atom is -0.497 e. The summed E-state index contributed by atoms with van der Waals surface area (Å²) in [5.74, 6) is 3.49. The molecule has 1 aliphatic carbocycles. The number of rotatable bonds is 2. The molecule has 116 valence electrons. The fraction of sp³-hybridized carbons (Fsp3) is 0.579. The summed E-state index contributed by atoms with van der Waals surface area (Å²) in [5.41, 5.74) is 4.35. The van der Waals surface area contributed by atoms with E-state index in [-0.39, 0.29) is 0 Å². The minimum atomic E-state index is 0.722. The number of hydrogen-bond acceptors (Lipinski definition) is 2. The number of nitrogens with one attached hydrogen (secondary N) is 1. The Bertz CT molecular complexity index is 734. The van der Waals surface area contributed by atoms with Crippen LogP contribution in [0.25, 0.3) is 10.9 Å². The fourth-order valence-corrected chi connectivity index (χ4v) is 5.58. The zero-order valence-electron chi connectivity index (χ0n) is 13.4. The standard InChI is InChI=1S/C19H24N2O/c1-3-12-6-11-7-15-18-16(10-21(9-11)19(12)15)14-8-13(22-2)4-5-17(14)20-18/h4-5,8,11-12,15,19-20H,3,6-7,9-10H2,1-2H3. The van der Waals surface area contributed by atoms with Gasteiger partial charge in [0.2, 0.25) is 0 Å². The van der Waals surface area contributed by atoms with Gasteiger partial charge in [-0.3, -0.25) is 4.90 Å². The Hall–Kier alpha value is -1.48. The number of ether oxygens (including phenoxy) is 1. The van der Waals surface area contributed by atoms with Gasteiger partial charge in [-0.15, -0.1) is 0 Å². The molecule has 3 heteroatoms. The molecule has 2 saturated heterocycles. The van der Waals surface area contributed by atoms with Crippen molar-refractivity contribution >= 4 is 10.9 Å². The van der Waals surface area contributed by atoms with Crippen molar-refractivity contribution < 1.29 is 4.74 Å². The summed E-state index contributed by atoms with van der Waals surface area (Å²) in [4.78, 5) is 6.55. The van der Waals surface area contributed by atoms with E-state index in [1.54, 1.807) is 7.11 Å². The largest absolute Gasteiger partial charge is 0.497 e. The lowest BCUT2D eigenvalue weighted by Gasteiger charge is -2.56. The van der Waals surface area contributed by atoms with Crippen LogP contribution in [0.4, 0.5) is 0 Å². The number of hydrogen-bond donors (Lipinski definition) is 1. The van der Waals surface area contributed by atoms with Crippen molar-refractivity contribution in [3.05, 3.63) is 29.5 Å². The van der Waals surface area contributed by atoms with Gasteiger partial charge in [-0.1, -0.05) is 13.3 Å². The van der Waals surface area contributed by atoms with E-state index < -0.39 is 0 Å². The molecule has 1 aromatic carbocycles. The first kappa shape index (κ1) is 13.0. The van der Waals surface area contributed by atoms with E-state index in [0.29, 0.717) is 0 Å². The quantitative estimate of drug-likeness (QED) is 0.910. The molecule has 1 N–H and O–H groups in total. The van der Waals surface area contributed by atoms with E-state index in [2.05, 4.69) is 35.0 Å². The average molecular weight is 296 g/mol. The number of methoxy groups -OCH3 is 1. The highest BCUT2D eigenvalue weighted by atomic mass is 16.5. The van der Waals surface area contributed by atoms with E-state index in [1.165, 1.54) is 48.0 Å². The van der Waals surface area contributed by atoms with Gasteiger partial charge < -0.3 is 9.72 Å². The molecule has 0 spiro atoms. The van der Waals surface area contributed by atoms with Gasteiger partial charge in [-0.25, -0.2) is 0 Å². The highest BCUT2D eigenvalue weighted by molar-refractivity contribution is 5.86. The van der Waals surface area contributed by atoms with Crippen LogP contribution >= 0.6 is 0 Å². The van der Waals surface area contributed by atoms with Crippen LogP contribution in [0.1, 0.15) is 43.4 Å². The van der Waals surface area contributed by atoms with Crippen molar-refractivity contribution in [1.82, 2.24) is 9.88 Å². The normalized spacial score (nSPS) is 35.6. The van der Waals surface area contributed by atoms with E-state index in [4.69, 9.17) is 4.74 Å². The van der Waals surface area contributed by atoms with E-state index in [0.717, 1.165) is 36.1 Å². The van der Waals surface area contributed by atoms with Gasteiger partial charge in [0, 0.05) is 41.6 Å². The van der Waals surface area contributed by atoms with E-state index >= 15 is 0 Å². The zero-order valence-corrected chi connectivity index (χ0v) is 13.4. The maximum absolute atomic E-state index is 5.43. The van der Waals surface area contributed by atoms with Gasteiger partial charge in [0.15, 0.2) is 0 Å². The monoisotopic (exact) mass is 296 g/mol. The number of fused-ring (bicyclic) bond motifs is 4. The molecule has 3 aliphatic heterocycles. The molecule has 3 nitrogen and oxygen atoms in total. The summed E-state index contributed by atoms with van der Waals surface area (Å²) in [6.45, 7) is 4.81. The number of piperidine rings is 2. The Morgan fingerprint density at radius 1 is 1.32 bits per heavy atom. The highest BCUT2D eigenvalue weighted by Crippen LogP contribution is 2.53. The van der Waals surface area contributed by atoms with Gasteiger partial charge in [0.1, 0.15) is 5.75 Å². The maximum Gasteiger partial charge on any atom is 0.119 e. The molecule has 3 fully saturated rings. The van der Waals surface area contributed by atoms with Crippen LogP contribution in [0.2, 0.25) is 0 Å². The smallest absolute Gasteiger partial charge is 0.119 e. The van der Waals surface area contributed by atoms with Crippen LogP contribution in [-0.2, 0) is 6.54 Å². The third-order valence-corrected chi connectivity index (χ3v) is 6.44. The molecule has 6 rings (SSSR count). The second-order valence-corrected chi connectivity index (χ2v) is 7.46. The number of aromatic amines is 1. The van der Waals surface area contributed by atoms with E-state index in [9.17, 15) is 0 Å². The third kappa shape index (κ3) is 1.60. The molecule has 4 heterocycles. The summed E-state index contributed by atoms with van der Waals surface area (Å²) in [6.07, 6.45) is 4.17. The van der Waals surface area contributed by atoms with Crippen molar-refractivity contribution in [3.63, 3.8) is 0 Å². The molecule has 1 saturated carbocycles. The molecule has 22 heavy (non-hydrogen) atoms. The highest BCUT2D eigenvalue weighted by Gasteiger charge is 2.50. The summed E-state index contributed by atoms with van der Waals surface area (Å²) in [6, 6.07) is 7.24. The first-order valence-corrected chi connectivity index (χ1v) is 8.71. The fourth-order valence-electron chi connectivity index (χ4n) is 5.58. The molecule has 4 bridgehead atoms. The maximum atomic E-state index is 5.43. The minimum absolute atomic E-state index is 0.722. The van der Waals surface area contributed by atoms with Crippen LogP contribution in [-0.4, -0.2) is 29.6 Å². The zero-order chi connectivity index (χ0) is 14.8. The Morgan fingerprint density at radius 2 is 2.23 bits per heavy atom. The van der Waals surface area contributed by atoms with Crippen molar-refractivity contribution in [2.75, 3.05) is 13.7 Å². The number of aromatic nitrogens is 1. The summed E-state index contributed by atoms with van der Waals surface area (Å²) >= 11 is 0. The lowest BCUT2D eigenvalue weighted by Crippen LogP contribution is -2.58. The van der Waals surface area contributed by atoms with Crippen LogP contribution in [0.3, 0.4) is 0 Å². The third-order valence-electron chi connectivity index (χ3n) is 6.44. The van der Waals surface area contributed by atoms with Gasteiger partial charge in [-0.05, 0) is 48.4 Å². The summed E-state index contributed by atoms with van der Waals surface area (Å²) in [5, 5.41) is 1.37. The lowest BCUT2D eigenvalue weighted by molar-refractivity contribution is -0.0335. The number of H-pyrrole nitrogens is 1. The summed E-state index contributed by atoms with van der Waals surface area (Å²) in [7, 11) is 1.75. The Kier molecular flexibility index (Phi) is 2.67. The van der Waals surface area contributed by atoms with Crippen LogP contribution in [0, 0.1) is 11.8 Å². The predicted octanol–water partition coefficient (Wildman–Crippen LogP) is 3.89. The van der Waals surface area contributed by atoms with Crippen molar-refractivity contribution in [1.29, 1.82) is 0 Å². The topological polar surface area (TPSA) is 28.3 Å². The van der Waals surface area contributed by atoms with Gasteiger partial charge >= 0.3 is 0 Å². The molecule has 0 radical (unpaired) electrons. The molecular weight excluding hydrogens is 272 g/mol. The average Bonchev–Trinajstić information content (AvgIpc) is 2.92. The number of nitrogens with zero attached hydrogens (tertiary/aromatic N) is 1. The Labute approximate surface area is 131 Å². The van der Waals surface area contributed by atoms with Crippen LogP contribution in [0.15, 0.2) is 18.2 Å². The second-order valence-electron chi connectivity index (χ2n) is 7.46. The van der Waals surface area contributed by atoms with Crippen LogP contribution in [0.5, 0.6) is 5.75 Å². The van der Waals surface area contributed by atoms with Crippen LogP contribution < -0.4 is 4.74 Å². The molecule has 2 aromatic rings. The molecule has 0 amide bonds. The molecular formula is C19H24N2O. The second kappa shape index (κ2) is 4.51. The SMILES string of the molecule is CCC1CC2CC3c4[nH]c5ccc(OC)cc5c4CN(C2)C13. The van der Waals surface area contributed by atoms with Crippen molar-refractivity contribution in [3.8, 4) is 5.75 Å². The Morgan fingerprint density at radius 3 is 3.05 bits per heavy atom. The van der Waals surface area contributed by atoms with E-state index in [1.807, 2.05) is 0 Å². The Balaban J connectivity index is 1.67. The molecule has 4 aliphatic rings. The van der Waals surface area contributed by atoms with Gasteiger partial charge in [0.25, 0.3) is 0 Å². The lowest BCUT2D eigenvalue weighted by atomic mass is 9.63. The molecule has 5 unspecified atom stereocenters. The molecule has 1 aromatic heterocycles.